The molecule has 0 aromatic rings. The summed E-state index contributed by atoms with van der Waals surface area (Å²) in [4.78, 5) is 4.45. The van der Waals surface area contributed by atoms with Gasteiger partial charge in [0.05, 0.1) is 0 Å². The van der Waals surface area contributed by atoms with Crippen LogP contribution in [0.2, 0.25) is 0 Å². The van der Waals surface area contributed by atoms with E-state index in [-0.39, 0.29) is 0 Å². The van der Waals surface area contributed by atoms with Crippen molar-refractivity contribution in [3.63, 3.8) is 0 Å². The van der Waals surface area contributed by atoms with Gasteiger partial charge in [-0.1, -0.05) is 27.7 Å². The molecule has 0 saturated carbocycles. The van der Waals surface area contributed by atoms with Crippen molar-refractivity contribution in [2.45, 2.75) is 60.4 Å². The topological polar surface area (TPSA) is 50.4 Å². The molecule has 0 aromatic heterocycles. The van der Waals surface area contributed by atoms with E-state index in [0.29, 0.717) is 17.4 Å². The summed E-state index contributed by atoms with van der Waals surface area (Å²) in [5.74, 6) is 6.98. The summed E-state index contributed by atoms with van der Waals surface area (Å²) in [6, 6.07) is 0.304. The van der Waals surface area contributed by atoms with E-state index < -0.39 is 0 Å². The van der Waals surface area contributed by atoms with Crippen LogP contribution in [0.25, 0.3) is 0 Å². The normalized spacial score (nSPS) is 15.6. The third-order valence-electron chi connectivity index (χ3n) is 2.08. The number of hydrazine groups is 1. The van der Waals surface area contributed by atoms with Gasteiger partial charge in [0.2, 0.25) is 0 Å². The Balaban J connectivity index is 4.19. The molecule has 1 atom stereocenters. The molecule has 0 aromatic carbocycles. The molecule has 0 aliphatic rings. The molecule has 0 aliphatic heterocycles. The zero-order valence-corrected chi connectivity index (χ0v) is 11.1. The molecule has 0 spiro atoms. The number of nitrogens with two attached hydrogens (primary N) is 1. The highest BCUT2D eigenvalue weighted by atomic mass is 15.2. The summed E-state index contributed by atoms with van der Waals surface area (Å²) < 4.78 is 0. The van der Waals surface area contributed by atoms with Gasteiger partial charge in [-0.15, -0.1) is 0 Å². The van der Waals surface area contributed by atoms with Gasteiger partial charge in [0.15, 0.2) is 0 Å². The lowest BCUT2D eigenvalue weighted by Gasteiger charge is -2.23. The highest BCUT2D eigenvalue weighted by Crippen LogP contribution is 2.25. The van der Waals surface area contributed by atoms with E-state index >= 15 is 0 Å². The number of hydrogen-bond acceptors (Lipinski definition) is 2. The van der Waals surface area contributed by atoms with Crippen molar-refractivity contribution in [1.29, 1.82) is 0 Å². The minimum Gasteiger partial charge on any atom is -0.312 e. The molecular weight excluding hydrogens is 186 g/mol. The van der Waals surface area contributed by atoms with Crippen LogP contribution in [0.5, 0.6) is 0 Å². The zero-order chi connectivity index (χ0) is 12.1. The summed E-state index contributed by atoms with van der Waals surface area (Å²) in [5, 5.41) is 0. The standard InChI is InChI=1S/C12H27N3/c1-9(2)14-11(15-13)7-10(3)8-12(4,5)6/h9-10H,7-8,13H2,1-6H3,(H,14,15). The number of rotatable bonds is 4. The summed E-state index contributed by atoms with van der Waals surface area (Å²) in [7, 11) is 0. The van der Waals surface area contributed by atoms with Crippen molar-refractivity contribution in [3.05, 3.63) is 0 Å². The van der Waals surface area contributed by atoms with Gasteiger partial charge in [-0.3, -0.25) is 4.99 Å². The zero-order valence-electron chi connectivity index (χ0n) is 11.1. The second kappa shape index (κ2) is 6.11. The van der Waals surface area contributed by atoms with Gasteiger partial charge >= 0.3 is 0 Å². The summed E-state index contributed by atoms with van der Waals surface area (Å²) >= 11 is 0. The predicted octanol–water partition coefficient (Wildman–Crippen LogP) is 2.72. The molecule has 0 amide bonds. The fourth-order valence-electron chi connectivity index (χ4n) is 1.91. The molecule has 3 heteroatoms. The largest absolute Gasteiger partial charge is 0.312 e. The SMILES string of the molecule is CC(CC(=NC(C)C)NN)CC(C)(C)C. The van der Waals surface area contributed by atoms with E-state index in [2.05, 4.69) is 52.0 Å². The lowest BCUT2D eigenvalue weighted by molar-refractivity contribution is 0.311. The van der Waals surface area contributed by atoms with Gasteiger partial charge in [-0.25, -0.2) is 5.84 Å². The monoisotopic (exact) mass is 213 g/mol. The molecule has 0 heterocycles. The molecule has 3 N–H and O–H groups in total. The van der Waals surface area contributed by atoms with Crippen LogP contribution in [0.3, 0.4) is 0 Å². The molecule has 0 saturated heterocycles. The smallest absolute Gasteiger partial charge is 0.111 e. The Morgan fingerprint density at radius 3 is 2.13 bits per heavy atom. The lowest BCUT2D eigenvalue weighted by atomic mass is 9.84. The van der Waals surface area contributed by atoms with Crippen LogP contribution in [-0.2, 0) is 0 Å². The first kappa shape index (κ1) is 14.4. The van der Waals surface area contributed by atoms with E-state index in [1.807, 2.05) is 0 Å². The highest BCUT2D eigenvalue weighted by molar-refractivity contribution is 5.81. The van der Waals surface area contributed by atoms with E-state index in [9.17, 15) is 0 Å². The average Bonchev–Trinajstić information content (AvgIpc) is 1.98. The van der Waals surface area contributed by atoms with Crippen LogP contribution in [0.4, 0.5) is 0 Å². The minimum absolute atomic E-state index is 0.304. The molecule has 15 heavy (non-hydrogen) atoms. The third kappa shape index (κ3) is 8.43. The molecule has 0 fully saturated rings. The molecule has 90 valence electrons. The highest BCUT2D eigenvalue weighted by Gasteiger charge is 2.16. The molecule has 0 rings (SSSR count). The number of nitrogens with one attached hydrogen (secondary N) is 1. The Bertz CT molecular complexity index is 201. The summed E-state index contributed by atoms with van der Waals surface area (Å²) in [6.07, 6.45) is 2.12. The fraction of sp³-hybridized carbons (Fsp3) is 0.917. The average molecular weight is 213 g/mol. The Labute approximate surface area is 94.5 Å². The molecule has 0 bridgehead atoms. The summed E-state index contributed by atoms with van der Waals surface area (Å²) in [5.41, 5.74) is 3.07. The molecule has 0 radical (unpaired) electrons. The minimum atomic E-state index is 0.304. The number of nitrogens with zero attached hydrogens (tertiary/aromatic N) is 1. The molecule has 1 unspecified atom stereocenters. The molecule has 0 aliphatic carbocycles. The van der Waals surface area contributed by atoms with E-state index in [1.54, 1.807) is 0 Å². The lowest BCUT2D eigenvalue weighted by Crippen LogP contribution is -2.33. The van der Waals surface area contributed by atoms with Gasteiger partial charge in [-0.2, -0.15) is 0 Å². The van der Waals surface area contributed by atoms with Crippen LogP contribution in [0.1, 0.15) is 54.4 Å². The van der Waals surface area contributed by atoms with Crippen LogP contribution >= 0.6 is 0 Å². The van der Waals surface area contributed by atoms with E-state index in [4.69, 9.17) is 5.84 Å². The Morgan fingerprint density at radius 2 is 1.80 bits per heavy atom. The van der Waals surface area contributed by atoms with Crippen molar-refractivity contribution in [2.24, 2.45) is 22.2 Å². The van der Waals surface area contributed by atoms with Crippen molar-refractivity contribution >= 4 is 5.84 Å². The Hall–Kier alpha value is -0.570. The van der Waals surface area contributed by atoms with Crippen LogP contribution in [0, 0.1) is 11.3 Å². The van der Waals surface area contributed by atoms with Crippen LogP contribution < -0.4 is 11.3 Å². The first-order valence-corrected chi connectivity index (χ1v) is 5.78. The first-order chi connectivity index (χ1) is 6.74. The van der Waals surface area contributed by atoms with Gasteiger partial charge in [0.1, 0.15) is 5.84 Å². The molecular formula is C12H27N3. The predicted molar refractivity (Wildman–Crippen MR) is 67.7 cm³/mol. The van der Waals surface area contributed by atoms with Gasteiger partial charge in [0.25, 0.3) is 0 Å². The van der Waals surface area contributed by atoms with Crippen molar-refractivity contribution in [3.8, 4) is 0 Å². The quantitative estimate of drug-likeness (QED) is 0.326. The van der Waals surface area contributed by atoms with Gasteiger partial charge < -0.3 is 5.43 Å². The van der Waals surface area contributed by atoms with Crippen molar-refractivity contribution in [1.82, 2.24) is 5.43 Å². The number of amidine groups is 1. The van der Waals surface area contributed by atoms with E-state index in [0.717, 1.165) is 12.3 Å². The maximum atomic E-state index is 5.45. The van der Waals surface area contributed by atoms with Crippen molar-refractivity contribution < 1.29 is 0 Å². The third-order valence-corrected chi connectivity index (χ3v) is 2.08. The second-order valence-corrected chi connectivity index (χ2v) is 5.89. The first-order valence-electron chi connectivity index (χ1n) is 5.78. The number of hydrogen-bond donors (Lipinski definition) is 2. The van der Waals surface area contributed by atoms with E-state index in [1.165, 1.54) is 6.42 Å². The van der Waals surface area contributed by atoms with Crippen LogP contribution in [0.15, 0.2) is 4.99 Å². The molecule has 3 nitrogen and oxygen atoms in total. The van der Waals surface area contributed by atoms with Crippen molar-refractivity contribution in [2.75, 3.05) is 0 Å². The Morgan fingerprint density at radius 1 is 1.27 bits per heavy atom. The maximum absolute atomic E-state index is 5.45. The van der Waals surface area contributed by atoms with Crippen LogP contribution in [-0.4, -0.2) is 11.9 Å². The summed E-state index contributed by atoms with van der Waals surface area (Å²) in [6.45, 7) is 13.2. The van der Waals surface area contributed by atoms with Gasteiger partial charge in [-0.05, 0) is 31.6 Å². The maximum Gasteiger partial charge on any atom is 0.111 e. The second-order valence-electron chi connectivity index (χ2n) is 5.89. The van der Waals surface area contributed by atoms with Gasteiger partial charge in [0, 0.05) is 12.5 Å². The fourth-order valence-corrected chi connectivity index (χ4v) is 1.91. The number of aliphatic imine (C=N–C) groups is 1. The Kier molecular flexibility index (Phi) is 5.88.